The zero-order chi connectivity index (χ0) is 15.2. The van der Waals surface area contributed by atoms with E-state index in [0.717, 1.165) is 36.6 Å². The molecule has 2 rings (SSSR count). The molecular weight excluding hydrogens is 260 g/mol. The van der Waals surface area contributed by atoms with Gasteiger partial charge in [-0.3, -0.25) is 0 Å². The summed E-state index contributed by atoms with van der Waals surface area (Å²) in [6.07, 6.45) is 6.35. The smallest absolute Gasteiger partial charge is 0.0434 e. The Hall–Kier alpha value is -0.120. The van der Waals surface area contributed by atoms with E-state index in [1.807, 2.05) is 0 Å². The molecule has 2 fully saturated rings. The lowest BCUT2D eigenvalue weighted by Crippen LogP contribution is -2.50. The van der Waals surface area contributed by atoms with E-state index in [1.54, 1.807) is 0 Å². The molecular formula is C18H36N2O. The molecule has 5 unspecified atom stereocenters. The highest BCUT2D eigenvalue weighted by Gasteiger charge is 2.35. The van der Waals surface area contributed by atoms with Gasteiger partial charge in [0.15, 0.2) is 0 Å². The highest BCUT2D eigenvalue weighted by Crippen LogP contribution is 2.35. The van der Waals surface area contributed by atoms with Gasteiger partial charge in [-0.05, 0) is 68.9 Å². The maximum Gasteiger partial charge on any atom is 0.0434 e. The summed E-state index contributed by atoms with van der Waals surface area (Å²) in [4.78, 5) is 2.69. The van der Waals surface area contributed by atoms with Crippen molar-refractivity contribution in [2.24, 2.45) is 23.7 Å². The van der Waals surface area contributed by atoms with Crippen LogP contribution in [0.5, 0.6) is 0 Å². The maximum atomic E-state index is 9.18. The van der Waals surface area contributed by atoms with Gasteiger partial charge in [-0.15, -0.1) is 0 Å². The van der Waals surface area contributed by atoms with Gasteiger partial charge in [0, 0.05) is 25.7 Å². The van der Waals surface area contributed by atoms with Gasteiger partial charge in [-0.25, -0.2) is 0 Å². The number of nitrogens with zero attached hydrogens (tertiary/aromatic N) is 1. The summed E-state index contributed by atoms with van der Waals surface area (Å²) >= 11 is 0. The van der Waals surface area contributed by atoms with Crippen molar-refractivity contribution in [2.75, 3.05) is 32.8 Å². The minimum Gasteiger partial charge on any atom is -0.396 e. The molecule has 1 aliphatic heterocycles. The number of likely N-dealkylation sites (tertiary alicyclic amines) is 1. The summed E-state index contributed by atoms with van der Waals surface area (Å²) in [6, 6.07) is 0.701. The first-order valence-electron chi connectivity index (χ1n) is 9.20. The molecule has 1 saturated carbocycles. The zero-order valence-electron chi connectivity index (χ0n) is 14.4. The molecule has 1 saturated heterocycles. The molecule has 0 bridgehead atoms. The molecule has 0 amide bonds. The SMILES string of the molecule is CCNC1CC(C)CC(C)C1CN1CCCC(CCO)C1. The van der Waals surface area contributed by atoms with Crippen LogP contribution in [0.2, 0.25) is 0 Å². The zero-order valence-corrected chi connectivity index (χ0v) is 14.4. The maximum absolute atomic E-state index is 9.18. The molecule has 0 radical (unpaired) electrons. The lowest BCUT2D eigenvalue weighted by Gasteiger charge is -2.44. The van der Waals surface area contributed by atoms with Crippen molar-refractivity contribution < 1.29 is 5.11 Å². The Morgan fingerprint density at radius 2 is 2.05 bits per heavy atom. The predicted molar refractivity (Wildman–Crippen MR) is 89.4 cm³/mol. The summed E-state index contributed by atoms with van der Waals surface area (Å²) in [5.41, 5.74) is 0. The normalized spacial score (nSPS) is 38.6. The third-order valence-electron chi connectivity index (χ3n) is 5.75. The Morgan fingerprint density at radius 1 is 1.24 bits per heavy atom. The summed E-state index contributed by atoms with van der Waals surface area (Å²) in [5.74, 6) is 3.22. The molecule has 21 heavy (non-hydrogen) atoms. The van der Waals surface area contributed by atoms with Crippen LogP contribution in [0.15, 0.2) is 0 Å². The number of hydrogen-bond donors (Lipinski definition) is 2. The lowest BCUT2D eigenvalue weighted by molar-refractivity contribution is 0.0732. The van der Waals surface area contributed by atoms with E-state index < -0.39 is 0 Å². The van der Waals surface area contributed by atoms with Crippen LogP contribution in [0.1, 0.15) is 52.9 Å². The summed E-state index contributed by atoms with van der Waals surface area (Å²) in [6.45, 7) is 12.3. The molecule has 1 heterocycles. The molecule has 5 atom stereocenters. The Bertz CT molecular complexity index is 295. The first kappa shape index (κ1) is 17.2. The third-order valence-corrected chi connectivity index (χ3v) is 5.75. The van der Waals surface area contributed by atoms with Gasteiger partial charge in [0.2, 0.25) is 0 Å². The van der Waals surface area contributed by atoms with Crippen LogP contribution in [0, 0.1) is 23.7 Å². The Balaban J connectivity index is 1.91. The van der Waals surface area contributed by atoms with Crippen LogP contribution in [0.4, 0.5) is 0 Å². The topological polar surface area (TPSA) is 35.5 Å². The molecule has 3 heteroatoms. The van der Waals surface area contributed by atoms with Crippen molar-refractivity contribution in [1.82, 2.24) is 10.2 Å². The van der Waals surface area contributed by atoms with Gasteiger partial charge in [0.05, 0.1) is 0 Å². The summed E-state index contributed by atoms with van der Waals surface area (Å²) in [5, 5.41) is 12.9. The van der Waals surface area contributed by atoms with Crippen LogP contribution >= 0.6 is 0 Å². The molecule has 2 aliphatic rings. The highest BCUT2D eigenvalue weighted by atomic mass is 16.3. The van der Waals surface area contributed by atoms with E-state index in [2.05, 4.69) is 31.0 Å². The Labute approximate surface area is 131 Å². The number of hydrogen-bond acceptors (Lipinski definition) is 3. The van der Waals surface area contributed by atoms with E-state index in [1.165, 1.54) is 45.3 Å². The molecule has 0 spiro atoms. The van der Waals surface area contributed by atoms with Crippen LogP contribution in [0.3, 0.4) is 0 Å². The van der Waals surface area contributed by atoms with E-state index in [4.69, 9.17) is 0 Å². The predicted octanol–water partition coefficient (Wildman–Crippen LogP) is 2.74. The number of rotatable bonds is 6. The van der Waals surface area contributed by atoms with Crippen LogP contribution in [-0.2, 0) is 0 Å². The van der Waals surface area contributed by atoms with E-state index >= 15 is 0 Å². The third kappa shape index (κ3) is 4.94. The average Bonchev–Trinajstić information content (AvgIpc) is 2.44. The van der Waals surface area contributed by atoms with Crippen molar-refractivity contribution in [3.05, 3.63) is 0 Å². The minimum absolute atomic E-state index is 0.357. The lowest BCUT2D eigenvalue weighted by atomic mass is 9.72. The van der Waals surface area contributed by atoms with E-state index in [9.17, 15) is 5.11 Å². The molecule has 3 nitrogen and oxygen atoms in total. The monoisotopic (exact) mass is 296 g/mol. The first-order chi connectivity index (χ1) is 10.1. The largest absolute Gasteiger partial charge is 0.396 e. The van der Waals surface area contributed by atoms with Gasteiger partial charge in [0.1, 0.15) is 0 Å². The van der Waals surface area contributed by atoms with Gasteiger partial charge in [-0.1, -0.05) is 20.8 Å². The van der Waals surface area contributed by atoms with E-state index in [-0.39, 0.29) is 0 Å². The van der Waals surface area contributed by atoms with Gasteiger partial charge in [0.25, 0.3) is 0 Å². The van der Waals surface area contributed by atoms with Crippen molar-refractivity contribution in [3.63, 3.8) is 0 Å². The van der Waals surface area contributed by atoms with Crippen LogP contribution < -0.4 is 5.32 Å². The molecule has 0 aromatic rings. The first-order valence-corrected chi connectivity index (χ1v) is 9.20. The fraction of sp³-hybridized carbons (Fsp3) is 1.00. The van der Waals surface area contributed by atoms with Crippen molar-refractivity contribution >= 4 is 0 Å². The van der Waals surface area contributed by atoms with Crippen molar-refractivity contribution in [1.29, 1.82) is 0 Å². The number of aliphatic hydroxyl groups is 1. The number of piperidine rings is 1. The molecule has 0 aromatic heterocycles. The Kier molecular flexibility index (Phi) is 6.97. The summed E-state index contributed by atoms with van der Waals surface area (Å²) in [7, 11) is 0. The second kappa shape index (κ2) is 8.50. The highest BCUT2D eigenvalue weighted by molar-refractivity contribution is 4.90. The number of nitrogens with one attached hydrogen (secondary N) is 1. The van der Waals surface area contributed by atoms with Gasteiger partial charge < -0.3 is 15.3 Å². The molecule has 124 valence electrons. The average molecular weight is 296 g/mol. The second-order valence-corrected chi connectivity index (χ2v) is 7.66. The fourth-order valence-corrected chi connectivity index (χ4v) is 4.75. The molecule has 2 N–H and O–H groups in total. The van der Waals surface area contributed by atoms with Crippen LogP contribution in [-0.4, -0.2) is 48.8 Å². The minimum atomic E-state index is 0.357. The van der Waals surface area contributed by atoms with E-state index in [0.29, 0.717) is 12.6 Å². The second-order valence-electron chi connectivity index (χ2n) is 7.66. The molecule has 1 aliphatic carbocycles. The Morgan fingerprint density at radius 3 is 2.76 bits per heavy atom. The van der Waals surface area contributed by atoms with Crippen molar-refractivity contribution in [2.45, 2.75) is 58.9 Å². The van der Waals surface area contributed by atoms with Gasteiger partial charge in [-0.2, -0.15) is 0 Å². The quantitative estimate of drug-likeness (QED) is 0.791. The van der Waals surface area contributed by atoms with Gasteiger partial charge >= 0.3 is 0 Å². The standard InChI is InChI=1S/C18H36N2O/c1-4-19-18-11-14(2)10-15(3)17(18)13-20-8-5-6-16(12-20)7-9-21/h14-19,21H,4-13H2,1-3H3. The van der Waals surface area contributed by atoms with Crippen LogP contribution in [0.25, 0.3) is 0 Å². The van der Waals surface area contributed by atoms with Crippen molar-refractivity contribution in [3.8, 4) is 0 Å². The molecule has 0 aromatic carbocycles. The summed E-state index contributed by atoms with van der Waals surface area (Å²) < 4.78 is 0. The number of aliphatic hydroxyl groups excluding tert-OH is 1. The fourth-order valence-electron chi connectivity index (χ4n) is 4.75.